The highest BCUT2D eigenvalue weighted by Crippen LogP contribution is 2.46. The van der Waals surface area contributed by atoms with Crippen molar-refractivity contribution in [1.82, 2.24) is 14.8 Å². The molecule has 7 nitrogen and oxygen atoms in total. The van der Waals surface area contributed by atoms with E-state index in [1.807, 2.05) is 46.2 Å². The number of aromatic nitrogens is 1. The van der Waals surface area contributed by atoms with Gasteiger partial charge in [-0.1, -0.05) is 30.3 Å². The van der Waals surface area contributed by atoms with Crippen LogP contribution in [0.3, 0.4) is 0 Å². The van der Waals surface area contributed by atoms with Gasteiger partial charge in [-0.25, -0.2) is 4.98 Å². The van der Waals surface area contributed by atoms with Crippen LogP contribution in [0.1, 0.15) is 37.7 Å². The van der Waals surface area contributed by atoms with Gasteiger partial charge in [-0.15, -0.1) is 0 Å². The normalized spacial score (nSPS) is 23.7. The Balaban J connectivity index is 1.21. The van der Waals surface area contributed by atoms with Gasteiger partial charge < -0.3 is 10.6 Å². The van der Waals surface area contributed by atoms with Crippen LogP contribution in [0, 0.1) is 11.8 Å². The van der Waals surface area contributed by atoms with Crippen LogP contribution in [-0.4, -0.2) is 57.6 Å². The van der Waals surface area contributed by atoms with Gasteiger partial charge in [0.15, 0.2) is 0 Å². The van der Waals surface area contributed by atoms with E-state index in [-0.39, 0.29) is 11.8 Å². The SMILES string of the molecule is Nc1cccc(-c2ccc(C3=NC4(CC4)C(=O)N3C[C@@H]3CCN(C(=O)C4CC4)C3)cc2)n1. The molecular weight excluding hydrogens is 402 g/mol. The summed E-state index contributed by atoms with van der Waals surface area (Å²) in [6.45, 7) is 2.19. The van der Waals surface area contributed by atoms with E-state index in [9.17, 15) is 9.59 Å². The highest BCUT2D eigenvalue weighted by Gasteiger charge is 2.57. The molecule has 164 valence electrons. The number of likely N-dealkylation sites (tertiary alicyclic amines) is 1. The first-order chi connectivity index (χ1) is 15.5. The van der Waals surface area contributed by atoms with Gasteiger partial charge in [0.05, 0.1) is 5.69 Å². The highest BCUT2D eigenvalue weighted by molar-refractivity contribution is 6.16. The van der Waals surface area contributed by atoms with Crippen LogP contribution in [0.15, 0.2) is 47.5 Å². The average molecular weight is 430 g/mol. The molecule has 0 bridgehead atoms. The zero-order valence-corrected chi connectivity index (χ0v) is 18.0. The molecule has 0 unspecified atom stereocenters. The molecular formula is C25H27N5O2. The van der Waals surface area contributed by atoms with Gasteiger partial charge in [0.2, 0.25) is 5.91 Å². The van der Waals surface area contributed by atoms with Crippen LogP contribution in [0.5, 0.6) is 0 Å². The third kappa shape index (κ3) is 3.36. The van der Waals surface area contributed by atoms with Gasteiger partial charge in [-0.05, 0) is 50.2 Å². The molecule has 2 aliphatic carbocycles. The molecule has 1 saturated heterocycles. The minimum absolute atomic E-state index is 0.126. The Hall–Kier alpha value is -3.22. The molecule has 1 aromatic carbocycles. The number of rotatable bonds is 5. The number of benzene rings is 1. The zero-order chi connectivity index (χ0) is 21.9. The van der Waals surface area contributed by atoms with Crippen molar-refractivity contribution in [2.75, 3.05) is 25.4 Å². The number of hydrogen-bond donors (Lipinski definition) is 1. The van der Waals surface area contributed by atoms with Gasteiger partial charge in [-0.2, -0.15) is 0 Å². The second-order valence-electron chi connectivity index (χ2n) is 9.62. The Morgan fingerprint density at radius 2 is 1.81 bits per heavy atom. The van der Waals surface area contributed by atoms with Gasteiger partial charge in [0, 0.05) is 36.7 Å². The molecule has 32 heavy (non-hydrogen) atoms. The lowest BCUT2D eigenvalue weighted by molar-refractivity contribution is -0.131. The molecule has 7 heteroatoms. The fourth-order valence-electron chi connectivity index (χ4n) is 4.92. The van der Waals surface area contributed by atoms with Gasteiger partial charge in [-0.3, -0.25) is 19.5 Å². The summed E-state index contributed by atoms with van der Waals surface area (Å²) in [7, 11) is 0. The fraction of sp³-hybridized carbons (Fsp3) is 0.440. The maximum absolute atomic E-state index is 13.2. The molecule has 1 atom stereocenters. The number of hydrogen-bond acceptors (Lipinski definition) is 5. The zero-order valence-electron chi connectivity index (χ0n) is 18.0. The van der Waals surface area contributed by atoms with Crippen molar-refractivity contribution in [3.63, 3.8) is 0 Å². The summed E-state index contributed by atoms with van der Waals surface area (Å²) in [4.78, 5) is 38.8. The fourth-order valence-corrected chi connectivity index (χ4v) is 4.92. The topological polar surface area (TPSA) is 91.9 Å². The molecule has 2 aliphatic heterocycles. The average Bonchev–Trinajstić information content (AvgIpc) is 3.72. The van der Waals surface area contributed by atoms with Crippen LogP contribution in [0.4, 0.5) is 5.82 Å². The van der Waals surface area contributed by atoms with Crippen LogP contribution < -0.4 is 5.73 Å². The molecule has 2 N–H and O–H groups in total. The van der Waals surface area contributed by atoms with E-state index in [1.165, 1.54) is 0 Å². The largest absolute Gasteiger partial charge is 0.384 e. The summed E-state index contributed by atoms with van der Waals surface area (Å²) in [5.74, 6) is 2.25. The van der Waals surface area contributed by atoms with E-state index in [0.29, 0.717) is 24.2 Å². The van der Waals surface area contributed by atoms with Crippen LogP contribution in [0.25, 0.3) is 11.3 Å². The molecule has 1 spiro atoms. The number of aliphatic imine (C=N–C) groups is 1. The molecule has 3 heterocycles. The van der Waals surface area contributed by atoms with E-state index in [0.717, 1.165) is 67.9 Å². The number of nitrogens with zero attached hydrogens (tertiary/aromatic N) is 4. The first-order valence-electron chi connectivity index (χ1n) is 11.6. The quantitative estimate of drug-likeness (QED) is 0.791. The number of nitrogen functional groups attached to an aromatic ring is 1. The van der Waals surface area contributed by atoms with Crippen molar-refractivity contribution >= 4 is 23.5 Å². The number of amidine groups is 1. The Morgan fingerprint density at radius 3 is 2.50 bits per heavy atom. The molecule has 2 saturated carbocycles. The third-order valence-electron chi connectivity index (χ3n) is 7.12. The van der Waals surface area contributed by atoms with Crippen LogP contribution in [0.2, 0.25) is 0 Å². The monoisotopic (exact) mass is 429 g/mol. The molecule has 6 rings (SSSR count). The molecule has 2 aromatic rings. The summed E-state index contributed by atoms with van der Waals surface area (Å²) in [6.07, 6.45) is 4.67. The second kappa shape index (κ2) is 7.15. The van der Waals surface area contributed by atoms with E-state index in [4.69, 9.17) is 10.7 Å². The first kappa shape index (κ1) is 19.5. The Bertz CT molecular complexity index is 1120. The van der Waals surface area contributed by atoms with Crippen LogP contribution in [-0.2, 0) is 9.59 Å². The van der Waals surface area contributed by atoms with E-state index in [1.54, 1.807) is 6.07 Å². The van der Waals surface area contributed by atoms with Crippen molar-refractivity contribution in [3.8, 4) is 11.3 Å². The molecule has 2 amide bonds. The lowest BCUT2D eigenvalue weighted by Crippen LogP contribution is -2.40. The van der Waals surface area contributed by atoms with Gasteiger partial charge in [0.25, 0.3) is 5.91 Å². The molecule has 1 aromatic heterocycles. The molecule has 3 fully saturated rings. The summed E-state index contributed by atoms with van der Waals surface area (Å²) < 4.78 is 0. The van der Waals surface area contributed by atoms with Crippen molar-refractivity contribution in [1.29, 1.82) is 0 Å². The second-order valence-corrected chi connectivity index (χ2v) is 9.62. The lowest BCUT2D eigenvalue weighted by atomic mass is 10.1. The van der Waals surface area contributed by atoms with Crippen LogP contribution >= 0.6 is 0 Å². The Morgan fingerprint density at radius 1 is 1.06 bits per heavy atom. The van der Waals surface area contributed by atoms with E-state index in [2.05, 4.69) is 4.98 Å². The Kier molecular flexibility index (Phi) is 4.35. The number of pyridine rings is 1. The summed E-state index contributed by atoms with van der Waals surface area (Å²) >= 11 is 0. The standard InChI is InChI=1S/C25H27N5O2/c26-21-3-1-2-20(27-21)17-4-6-18(7-5-17)22-28-25(11-12-25)24(32)30(22)15-16-10-13-29(14-16)23(31)19-8-9-19/h1-7,16,19H,8-15H2,(H2,26,27)/t16-/m1/s1. The van der Waals surface area contributed by atoms with Crippen molar-refractivity contribution in [2.45, 2.75) is 37.6 Å². The number of nitrogens with two attached hydrogens (primary N) is 1. The number of amides is 2. The minimum atomic E-state index is -0.536. The first-order valence-corrected chi connectivity index (χ1v) is 11.6. The molecule has 4 aliphatic rings. The lowest BCUT2D eigenvalue weighted by Gasteiger charge is -2.23. The molecule has 0 radical (unpaired) electrons. The summed E-state index contributed by atoms with van der Waals surface area (Å²) in [6, 6.07) is 13.6. The predicted octanol–water partition coefficient (Wildman–Crippen LogP) is 2.71. The third-order valence-corrected chi connectivity index (χ3v) is 7.12. The van der Waals surface area contributed by atoms with Gasteiger partial charge >= 0.3 is 0 Å². The summed E-state index contributed by atoms with van der Waals surface area (Å²) in [5.41, 5.74) is 8.03. The van der Waals surface area contributed by atoms with Crippen molar-refractivity contribution in [2.24, 2.45) is 16.8 Å². The maximum Gasteiger partial charge on any atom is 0.256 e. The van der Waals surface area contributed by atoms with Crippen molar-refractivity contribution < 1.29 is 9.59 Å². The van der Waals surface area contributed by atoms with Crippen molar-refractivity contribution in [3.05, 3.63) is 48.0 Å². The highest BCUT2D eigenvalue weighted by atomic mass is 16.2. The number of carbonyl (C=O) groups excluding carboxylic acids is 2. The maximum atomic E-state index is 13.2. The predicted molar refractivity (Wildman–Crippen MR) is 122 cm³/mol. The summed E-state index contributed by atoms with van der Waals surface area (Å²) in [5, 5.41) is 0. The van der Waals surface area contributed by atoms with E-state index >= 15 is 0 Å². The van der Waals surface area contributed by atoms with E-state index < -0.39 is 5.54 Å². The Labute approximate surface area is 187 Å². The minimum Gasteiger partial charge on any atom is -0.384 e. The number of carbonyl (C=O) groups is 2. The smallest absolute Gasteiger partial charge is 0.256 e. The number of anilines is 1. The van der Waals surface area contributed by atoms with Gasteiger partial charge in [0.1, 0.15) is 17.2 Å².